The molecule has 0 aliphatic carbocycles. The molecule has 17 heavy (non-hydrogen) atoms. The largest absolute Gasteiger partial charge is 0.480 e. The maximum atomic E-state index is 11.6. The fourth-order valence-corrected chi connectivity index (χ4v) is 1.48. The maximum absolute atomic E-state index is 11.6. The van der Waals surface area contributed by atoms with E-state index in [9.17, 15) is 9.59 Å². The molecule has 0 spiro atoms. The Morgan fingerprint density at radius 1 is 1.41 bits per heavy atom. The molecule has 5 heteroatoms. The van der Waals surface area contributed by atoms with E-state index in [1.54, 1.807) is 6.07 Å². The molecule has 1 aromatic carbocycles. The number of hydrogen-bond donors (Lipinski definition) is 2. The van der Waals surface area contributed by atoms with Gasteiger partial charge in [-0.05, 0) is 24.1 Å². The van der Waals surface area contributed by atoms with Crippen molar-refractivity contribution in [2.75, 3.05) is 19.3 Å². The Balaban J connectivity index is 2.45. The molecule has 0 fully saturated rings. The first-order valence-electron chi connectivity index (χ1n) is 5.29. The number of nitrogens with zero attached hydrogens (tertiary/aromatic N) is 1. The van der Waals surface area contributed by atoms with Crippen molar-refractivity contribution >= 4 is 17.6 Å². The van der Waals surface area contributed by atoms with Gasteiger partial charge in [0.2, 0.25) is 5.91 Å². The number of carbonyl (C=O) groups is 2. The molecule has 0 heterocycles. The first kappa shape index (κ1) is 13.0. The lowest BCUT2D eigenvalue weighted by atomic mass is 10.1. The Morgan fingerprint density at radius 2 is 2.12 bits per heavy atom. The third-order valence-electron chi connectivity index (χ3n) is 2.38. The first-order valence-corrected chi connectivity index (χ1v) is 5.29. The van der Waals surface area contributed by atoms with Gasteiger partial charge < -0.3 is 15.7 Å². The van der Waals surface area contributed by atoms with Crippen LogP contribution in [0.1, 0.15) is 12.0 Å². The van der Waals surface area contributed by atoms with Gasteiger partial charge in [0.1, 0.15) is 6.54 Å². The fourth-order valence-electron chi connectivity index (χ4n) is 1.48. The van der Waals surface area contributed by atoms with Crippen LogP contribution in [0.2, 0.25) is 0 Å². The number of benzene rings is 1. The number of nitrogens with two attached hydrogens (primary N) is 1. The van der Waals surface area contributed by atoms with Gasteiger partial charge in [-0.25, -0.2) is 0 Å². The Bertz CT molecular complexity index is 418. The van der Waals surface area contributed by atoms with Crippen LogP contribution in [-0.2, 0) is 16.0 Å². The van der Waals surface area contributed by atoms with Gasteiger partial charge in [0.15, 0.2) is 0 Å². The highest BCUT2D eigenvalue weighted by Gasteiger charge is 2.11. The summed E-state index contributed by atoms with van der Waals surface area (Å²) in [4.78, 5) is 23.2. The van der Waals surface area contributed by atoms with Crippen molar-refractivity contribution in [1.82, 2.24) is 4.90 Å². The van der Waals surface area contributed by atoms with Gasteiger partial charge in [-0.15, -0.1) is 0 Å². The summed E-state index contributed by atoms with van der Waals surface area (Å²) in [6.07, 6.45) is 0.848. The summed E-state index contributed by atoms with van der Waals surface area (Å²) >= 11 is 0. The minimum absolute atomic E-state index is 0.185. The number of aryl methyl sites for hydroxylation is 1. The van der Waals surface area contributed by atoms with Gasteiger partial charge in [0.05, 0.1) is 0 Å². The SMILES string of the molecule is CN(CC(=O)O)C(=O)CCc1cccc(N)c1. The number of likely N-dealkylation sites (N-methyl/N-ethyl adjacent to an activating group) is 1. The number of anilines is 1. The van der Waals surface area contributed by atoms with Crippen molar-refractivity contribution in [3.8, 4) is 0 Å². The molecule has 3 N–H and O–H groups in total. The summed E-state index contributed by atoms with van der Waals surface area (Å²) in [7, 11) is 1.48. The molecule has 0 bridgehead atoms. The van der Waals surface area contributed by atoms with E-state index in [0.29, 0.717) is 12.1 Å². The van der Waals surface area contributed by atoms with Gasteiger partial charge in [0, 0.05) is 19.2 Å². The van der Waals surface area contributed by atoms with Crippen LogP contribution in [0.4, 0.5) is 5.69 Å². The predicted molar refractivity (Wildman–Crippen MR) is 64.4 cm³/mol. The number of amides is 1. The maximum Gasteiger partial charge on any atom is 0.323 e. The second kappa shape index (κ2) is 5.89. The standard InChI is InChI=1S/C12H16N2O3/c1-14(8-12(16)17)11(15)6-5-9-3-2-4-10(13)7-9/h2-4,7H,5-6,8,13H2,1H3,(H,16,17). The van der Waals surface area contributed by atoms with E-state index in [1.165, 1.54) is 11.9 Å². The molecule has 0 aliphatic heterocycles. The van der Waals surface area contributed by atoms with Crippen molar-refractivity contribution < 1.29 is 14.7 Å². The van der Waals surface area contributed by atoms with Gasteiger partial charge in [0.25, 0.3) is 0 Å². The van der Waals surface area contributed by atoms with E-state index in [4.69, 9.17) is 10.8 Å². The van der Waals surface area contributed by atoms with Crippen molar-refractivity contribution in [3.05, 3.63) is 29.8 Å². The zero-order valence-corrected chi connectivity index (χ0v) is 9.72. The molecule has 0 radical (unpaired) electrons. The molecular weight excluding hydrogens is 220 g/mol. The third-order valence-corrected chi connectivity index (χ3v) is 2.38. The van der Waals surface area contributed by atoms with Gasteiger partial charge in [-0.2, -0.15) is 0 Å². The Hall–Kier alpha value is -2.04. The highest BCUT2D eigenvalue weighted by Crippen LogP contribution is 2.09. The predicted octanol–water partition coefficient (Wildman–Crippen LogP) is 0.744. The van der Waals surface area contributed by atoms with E-state index >= 15 is 0 Å². The second-order valence-electron chi connectivity index (χ2n) is 3.89. The van der Waals surface area contributed by atoms with E-state index in [-0.39, 0.29) is 18.9 Å². The molecule has 1 aromatic rings. The minimum atomic E-state index is -1.01. The van der Waals surface area contributed by atoms with Crippen LogP contribution < -0.4 is 5.73 Å². The van der Waals surface area contributed by atoms with Crippen molar-refractivity contribution in [2.24, 2.45) is 0 Å². The zero-order chi connectivity index (χ0) is 12.8. The molecule has 1 rings (SSSR count). The summed E-state index contributed by atoms with van der Waals surface area (Å²) < 4.78 is 0. The van der Waals surface area contributed by atoms with Crippen LogP contribution in [0.25, 0.3) is 0 Å². The van der Waals surface area contributed by atoms with Crippen LogP contribution in [0.15, 0.2) is 24.3 Å². The van der Waals surface area contributed by atoms with Crippen LogP contribution in [0.3, 0.4) is 0 Å². The lowest BCUT2D eigenvalue weighted by Crippen LogP contribution is -2.32. The summed E-state index contributed by atoms with van der Waals surface area (Å²) in [5, 5.41) is 8.54. The van der Waals surface area contributed by atoms with Gasteiger partial charge in [-0.1, -0.05) is 12.1 Å². The Morgan fingerprint density at radius 3 is 2.71 bits per heavy atom. The topological polar surface area (TPSA) is 83.6 Å². The van der Waals surface area contributed by atoms with Gasteiger partial charge >= 0.3 is 5.97 Å². The van der Waals surface area contributed by atoms with E-state index in [1.807, 2.05) is 18.2 Å². The Kier molecular flexibility index (Phi) is 4.51. The average Bonchev–Trinajstić information content (AvgIpc) is 2.25. The van der Waals surface area contributed by atoms with E-state index in [2.05, 4.69) is 0 Å². The molecule has 0 aromatic heterocycles. The number of carbonyl (C=O) groups excluding carboxylic acids is 1. The number of hydrogen-bond acceptors (Lipinski definition) is 3. The lowest BCUT2D eigenvalue weighted by molar-refractivity contribution is -0.143. The Labute approximate surface area is 99.8 Å². The summed E-state index contributed by atoms with van der Waals surface area (Å²) in [5.41, 5.74) is 7.25. The zero-order valence-electron chi connectivity index (χ0n) is 9.72. The summed E-state index contributed by atoms with van der Waals surface area (Å²) in [6, 6.07) is 7.31. The summed E-state index contributed by atoms with van der Waals surface area (Å²) in [5.74, 6) is -1.19. The molecule has 0 saturated heterocycles. The van der Waals surface area contributed by atoms with Gasteiger partial charge in [-0.3, -0.25) is 9.59 Å². The van der Waals surface area contributed by atoms with Crippen LogP contribution in [0.5, 0.6) is 0 Å². The quantitative estimate of drug-likeness (QED) is 0.739. The number of carboxylic acids is 1. The van der Waals surface area contributed by atoms with E-state index in [0.717, 1.165) is 5.56 Å². The van der Waals surface area contributed by atoms with Crippen molar-refractivity contribution in [1.29, 1.82) is 0 Å². The molecule has 0 saturated carbocycles. The molecule has 92 valence electrons. The molecule has 0 unspecified atom stereocenters. The van der Waals surface area contributed by atoms with Crippen molar-refractivity contribution in [2.45, 2.75) is 12.8 Å². The second-order valence-corrected chi connectivity index (χ2v) is 3.89. The summed E-state index contributed by atoms with van der Waals surface area (Å²) in [6.45, 7) is -0.268. The number of carboxylic acid groups (broad SMARTS) is 1. The van der Waals surface area contributed by atoms with E-state index < -0.39 is 5.97 Å². The first-order chi connectivity index (χ1) is 7.99. The molecular formula is C12H16N2O3. The average molecular weight is 236 g/mol. The number of aliphatic carboxylic acids is 1. The molecule has 0 aliphatic rings. The van der Waals surface area contributed by atoms with Crippen LogP contribution >= 0.6 is 0 Å². The van der Waals surface area contributed by atoms with Crippen LogP contribution in [0, 0.1) is 0 Å². The smallest absolute Gasteiger partial charge is 0.323 e. The monoisotopic (exact) mass is 236 g/mol. The van der Waals surface area contributed by atoms with Crippen molar-refractivity contribution in [3.63, 3.8) is 0 Å². The third kappa shape index (κ3) is 4.55. The minimum Gasteiger partial charge on any atom is -0.480 e. The fraction of sp³-hybridized carbons (Fsp3) is 0.333. The highest BCUT2D eigenvalue weighted by molar-refractivity contribution is 5.81. The molecule has 1 amide bonds. The number of rotatable bonds is 5. The van der Waals surface area contributed by atoms with Crippen LogP contribution in [-0.4, -0.2) is 35.5 Å². The normalized spacial score (nSPS) is 9.94. The molecule has 0 atom stereocenters. The lowest BCUT2D eigenvalue weighted by Gasteiger charge is -2.14. The number of nitrogen functional groups attached to an aromatic ring is 1. The molecule has 5 nitrogen and oxygen atoms in total. The highest BCUT2D eigenvalue weighted by atomic mass is 16.4.